The number of ether oxygens (including phenoxy) is 1. The molecule has 1 amide bonds. The van der Waals surface area contributed by atoms with Crippen LogP contribution in [0.3, 0.4) is 0 Å². The molecule has 1 unspecified atom stereocenters. The van der Waals surface area contributed by atoms with E-state index in [0.29, 0.717) is 10.6 Å². The number of thioether (sulfide) groups is 1. The van der Waals surface area contributed by atoms with Gasteiger partial charge in [-0.1, -0.05) is 72.4 Å². The van der Waals surface area contributed by atoms with E-state index >= 15 is 0 Å². The lowest BCUT2D eigenvalue weighted by Gasteiger charge is -2.17. The van der Waals surface area contributed by atoms with Crippen LogP contribution in [0.5, 0.6) is 5.75 Å². The highest BCUT2D eigenvalue weighted by Crippen LogP contribution is 2.36. The predicted octanol–water partition coefficient (Wildman–Crippen LogP) is 7.03. The Hall–Kier alpha value is -4.08. The van der Waals surface area contributed by atoms with E-state index in [-0.39, 0.29) is 5.91 Å². The second kappa shape index (κ2) is 11.1. The van der Waals surface area contributed by atoms with Crippen molar-refractivity contribution < 1.29 is 9.53 Å². The van der Waals surface area contributed by atoms with E-state index in [1.54, 1.807) is 7.11 Å². The highest BCUT2D eigenvalue weighted by Gasteiger charge is 2.22. The topological polar surface area (TPSA) is 75.0 Å². The van der Waals surface area contributed by atoms with Gasteiger partial charge in [0.05, 0.1) is 23.6 Å². The molecule has 0 spiro atoms. The van der Waals surface area contributed by atoms with Crippen molar-refractivity contribution in [2.45, 2.75) is 31.0 Å². The van der Waals surface area contributed by atoms with E-state index in [0.717, 1.165) is 44.9 Å². The number of aryl methyl sites for hydroxylation is 2. The van der Waals surface area contributed by atoms with Crippen molar-refractivity contribution in [3.63, 3.8) is 0 Å². The van der Waals surface area contributed by atoms with Gasteiger partial charge in [0.25, 0.3) is 0 Å². The number of benzene rings is 3. The molecule has 0 saturated heterocycles. The van der Waals surface area contributed by atoms with Crippen molar-refractivity contribution in [1.82, 2.24) is 4.98 Å². The lowest BCUT2D eigenvalue weighted by Crippen LogP contribution is -2.23. The van der Waals surface area contributed by atoms with Gasteiger partial charge in [0.15, 0.2) is 0 Å². The van der Waals surface area contributed by atoms with Crippen molar-refractivity contribution in [3.05, 3.63) is 95.6 Å². The fraction of sp³-hybridized carbons (Fsp3) is 0.167. The standard InChI is InChI=1S/C30H27N3O2S/c1-19-9-8-10-20(2)28(19)33-29(34)21(3)36-30-26(18-31)25(22-13-15-24(35-4)16-14-22)17-27(32-30)23-11-6-5-7-12-23/h5-17,21H,1-4H3,(H,33,34). The minimum Gasteiger partial charge on any atom is -0.497 e. The fourth-order valence-corrected chi connectivity index (χ4v) is 4.85. The first-order valence-corrected chi connectivity index (χ1v) is 12.5. The average Bonchev–Trinajstić information content (AvgIpc) is 2.90. The van der Waals surface area contributed by atoms with Crippen molar-refractivity contribution >= 4 is 23.4 Å². The van der Waals surface area contributed by atoms with Gasteiger partial charge in [0, 0.05) is 16.8 Å². The van der Waals surface area contributed by atoms with Crippen LogP contribution in [0.15, 0.2) is 83.9 Å². The molecule has 1 heterocycles. The number of hydrogen-bond acceptors (Lipinski definition) is 5. The Morgan fingerprint density at radius 1 is 0.972 bits per heavy atom. The normalized spacial score (nSPS) is 11.4. The minimum absolute atomic E-state index is 0.140. The van der Waals surface area contributed by atoms with Gasteiger partial charge in [0.1, 0.15) is 16.8 Å². The van der Waals surface area contributed by atoms with E-state index in [1.807, 2.05) is 99.6 Å². The van der Waals surface area contributed by atoms with Crippen LogP contribution in [0.4, 0.5) is 5.69 Å². The number of hydrogen-bond donors (Lipinski definition) is 1. The molecule has 4 rings (SSSR count). The van der Waals surface area contributed by atoms with Crippen LogP contribution in [0.1, 0.15) is 23.6 Å². The lowest BCUT2D eigenvalue weighted by molar-refractivity contribution is -0.115. The number of para-hydroxylation sites is 1. The fourth-order valence-electron chi connectivity index (χ4n) is 3.93. The van der Waals surface area contributed by atoms with Gasteiger partial charge in [0.2, 0.25) is 5.91 Å². The summed E-state index contributed by atoms with van der Waals surface area (Å²) in [4.78, 5) is 18.0. The SMILES string of the molecule is COc1ccc(-c2cc(-c3ccccc3)nc(SC(C)C(=O)Nc3c(C)cccc3C)c2C#N)cc1. The van der Waals surface area contributed by atoms with Crippen LogP contribution in [-0.4, -0.2) is 23.3 Å². The van der Waals surface area contributed by atoms with Gasteiger partial charge in [-0.05, 0) is 55.7 Å². The highest BCUT2D eigenvalue weighted by atomic mass is 32.2. The lowest BCUT2D eigenvalue weighted by atomic mass is 9.99. The smallest absolute Gasteiger partial charge is 0.237 e. The van der Waals surface area contributed by atoms with Crippen LogP contribution in [0.2, 0.25) is 0 Å². The maximum Gasteiger partial charge on any atom is 0.237 e. The highest BCUT2D eigenvalue weighted by molar-refractivity contribution is 8.00. The van der Waals surface area contributed by atoms with Crippen molar-refractivity contribution in [2.24, 2.45) is 0 Å². The molecule has 180 valence electrons. The van der Waals surface area contributed by atoms with Gasteiger partial charge < -0.3 is 10.1 Å². The maximum absolute atomic E-state index is 13.1. The molecule has 0 fully saturated rings. The number of amides is 1. The molecule has 6 heteroatoms. The van der Waals surface area contributed by atoms with Crippen LogP contribution in [-0.2, 0) is 4.79 Å². The van der Waals surface area contributed by atoms with Gasteiger partial charge >= 0.3 is 0 Å². The molecule has 0 aliphatic heterocycles. The van der Waals surface area contributed by atoms with Crippen LogP contribution < -0.4 is 10.1 Å². The summed E-state index contributed by atoms with van der Waals surface area (Å²) < 4.78 is 5.30. The number of pyridine rings is 1. The monoisotopic (exact) mass is 493 g/mol. The first-order chi connectivity index (χ1) is 17.4. The quantitative estimate of drug-likeness (QED) is 0.280. The van der Waals surface area contributed by atoms with Gasteiger partial charge in [-0.3, -0.25) is 4.79 Å². The molecule has 0 aliphatic rings. The Morgan fingerprint density at radius 3 is 2.25 bits per heavy atom. The summed E-state index contributed by atoms with van der Waals surface area (Å²) in [6, 6.07) is 27.6. The van der Waals surface area contributed by atoms with Gasteiger partial charge in [-0.15, -0.1) is 0 Å². The summed E-state index contributed by atoms with van der Waals surface area (Å²) in [5.74, 6) is 0.597. The summed E-state index contributed by atoms with van der Waals surface area (Å²) in [5, 5.41) is 13.3. The van der Waals surface area contributed by atoms with Crippen molar-refractivity contribution in [3.8, 4) is 34.2 Å². The molecule has 1 aromatic heterocycles. The van der Waals surface area contributed by atoms with Gasteiger partial charge in [-0.25, -0.2) is 4.98 Å². The molecule has 0 bridgehead atoms. The molecule has 1 N–H and O–H groups in total. The third-order valence-electron chi connectivity index (χ3n) is 5.96. The molecule has 4 aromatic rings. The second-order valence-corrected chi connectivity index (χ2v) is 9.79. The summed E-state index contributed by atoms with van der Waals surface area (Å²) in [7, 11) is 1.62. The van der Waals surface area contributed by atoms with Crippen molar-refractivity contribution in [2.75, 3.05) is 12.4 Å². The molecule has 3 aromatic carbocycles. The average molecular weight is 494 g/mol. The largest absolute Gasteiger partial charge is 0.497 e. The summed E-state index contributed by atoms with van der Waals surface area (Å²) in [6.45, 7) is 5.78. The van der Waals surface area contributed by atoms with E-state index < -0.39 is 5.25 Å². The number of rotatable bonds is 7. The van der Waals surface area contributed by atoms with Crippen LogP contribution in [0, 0.1) is 25.2 Å². The van der Waals surface area contributed by atoms with Gasteiger partial charge in [-0.2, -0.15) is 5.26 Å². The number of carbonyl (C=O) groups excluding carboxylic acids is 1. The molecular formula is C30H27N3O2S. The first-order valence-electron chi connectivity index (χ1n) is 11.6. The number of aromatic nitrogens is 1. The third kappa shape index (κ3) is 5.42. The number of methoxy groups -OCH3 is 1. The zero-order valence-corrected chi connectivity index (χ0v) is 21.5. The molecule has 0 saturated carbocycles. The van der Waals surface area contributed by atoms with E-state index in [9.17, 15) is 10.1 Å². The molecule has 5 nitrogen and oxygen atoms in total. The van der Waals surface area contributed by atoms with Crippen LogP contribution in [0.25, 0.3) is 22.4 Å². The zero-order chi connectivity index (χ0) is 25.7. The number of anilines is 1. The van der Waals surface area contributed by atoms with E-state index in [2.05, 4.69) is 11.4 Å². The Bertz CT molecular complexity index is 1410. The Balaban J connectivity index is 1.74. The Kier molecular flexibility index (Phi) is 7.72. The van der Waals surface area contributed by atoms with E-state index in [4.69, 9.17) is 9.72 Å². The third-order valence-corrected chi connectivity index (χ3v) is 7.04. The minimum atomic E-state index is -0.474. The van der Waals surface area contributed by atoms with E-state index in [1.165, 1.54) is 11.8 Å². The first kappa shape index (κ1) is 25.0. The summed E-state index contributed by atoms with van der Waals surface area (Å²) in [5.41, 5.74) is 6.59. The number of nitrogens with zero attached hydrogens (tertiary/aromatic N) is 2. The summed E-state index contributed by atoms with van der Waals surface area (Å²) in [6.07, 6.45) is 0. The van der Waals surface area contributed by atoms with Crippen molar-refractivity contribution in [1.29, 1.82) is 5.26 Å². The number of nitriles is 1. The molecular weight excluding hydrogens is 466 g/mol. The zero-order valence-electron chi connectivity index (χ0n) is 20.7. The molecule has 36 heavy (non-hydrogen) atoms. The number of nitrogens with one attached hydrogen (secondary N) is 1. The summed E-state index contributed by atoms with van der Waals surface area (Å²) >= 11 is 1.29. The Labute approximate surface area is 216 Å². The Morgan fingerprint density at radius 2 is 1.64 bits per heavy atom. The number of carbonyl (C=O) groups is 1. The maximum atomic E-state index is 13.1. The predicted molar refractivity (Wildman–Crippen MR) is 146 cm³/mol. The second-order valence-electron chi connectivity index (χ2n) is 8.46. The van der Waals surface area contributed by atoms with Crippen LogP contribution >= 0.6 is 11.8 Å². The molecule has 1 atom stereocenters. The molecule has 0 aliphatic carbocycles. The molecule has 0 radical (unpaired) electrons.